The summed E-state index contributed by atoms with van der Waals surface area (Å²) in [6.45, 7) is 0. The molecule has 9 nitrogen and oxygen atoms in total. The molecule has 0 saturated heterocycles. The highest BCUT2D eigenvalue weighted by Gasteiger charge is 2.32. The van der Waals surface area contributed by atoms with Gasteiger partial charge in [-0.2, -0.15) is 0 Å². The molecule has 2 aliphatic rings. The number of aryl methyl sites for hydroxylation is 1. The smallest absolute Gasteiger partial charge is 0.284 e. The quantitative estimate of drug-likeness (QED) is 0.191. The Kier molecular flexibility index (Phi) is 6.55. The topological polar surface area (TPSA) is 109 Å². The van der Waals surface area contributed by atoms with Crippen molar-refractivity contribution in [3.05, 3.63) is 137 Å². The molecule has 1 aliphatic heterocycles. The van der Waals surface area contributed by atoms with Gasteiger partial charge in [0.1, 0.15) is 23.0 Å². The first-order valence-electron chi connectivity index (χ1n) is 13.6. The third-order valence-electron chi connectivity index (χ3n) is 7.85. The largest absolute Gasteiger partial charge is 0.497 e. The molecule has 1 aliphatic carbocycles. The summed E-state index contributed by atoms with van der Waals surface area (Å²) in [7, 11) is 3.08. The van der Waals surface area contributed by atoms with Crippen LogP contribution in [0.5, 0.6) is 11.5 Å². The summed E-state index contributed by atoms with van der Waals surface area (Å²) in [4.78, 5) is 30.9. The van der Waals surface area contributed by atoms with Crippen molar-refractivity contribution in [3.8, 4) is 22.8 Å². The molecular formula is C33H25N3O6S. The Morgan fingerprint density at radius 2 is 1.79 bits per heavy atom. The molecule has 5 aromatic rings. The SMILES string of the molecule is COc1cccc([C@@H]2C3=C(N=c4s/c(=C/c5ccc(-c6ccc(OC)cc6[N+](=O)[O-])o5)c(=O)n42)c2ccccc2CC3)c1. The van der Waals surface area contributed by atoms with Crippen molar-refractivity contribution in [2.24, 2.45) is 4.99 Å². The third-order valence-corrected chi connectivity index (χ3v) is 8.83. The molecule has 0 radical (unpaired) electrons. The second-order valence-electron chi connectivity index (χ2n) is 10.2. The zero-order valence-electron chi connectivity index (χ0n) is 23.3. The van der Waals surface area contributed by atoms with Gasteiger partial charge in [0, 0.05) is 11.6 Å². The van der Waals surface area contributed by atoms with Crippen LogP contribution in [0.1, 0.15) is 34.9 Å². The van der Waals surface area contributed by atoms with Crippen molar-refractivity contribution in [1.82, 2.24) is 4.57 Å². The molecule has 43 heavy (non-hydrogen) atoms. The van der Waals surface area contributed by atoms with Gasteiger partial charge in [-0.1, -0.05) is 47.7 Å². The highest BCUT2D eigenvalue weighted by Crippen LogP contribution is 2.41. The number of thiazole rings is 1. The molecule has 3 aromatic carbocycles. The number of benzene rings is 3. The highest BCUT2D eigenvalue weighted by atomic mass is 32.1. The Labute approximate surface area is 249 Å². The predicted molar refractivity (Wildman–Crippen MR) is 163 cm³/mol. The number of ether oxygens (including phenoxy) is 2. The number of allylic oxidation sites excluding steroid dienone is 1. The average molecular weight is 592 g/mol. The Hall–Kier alpha value is -5.22. The minimum Gasteiger partial charge on any atom is -0.497 e. The van der Waals surface area contributed by atoms with Gasteiger partial charge in [0.15, 0.2) is 4.80 Å². The normalized spacial score (nSPS) is 15.8. The first-order chi connectivity index (χ1) is 20.9. The maximum absolute atomic E-state index is 14.1. The van der Waals surface area contributed by atoms with Gasteiger partial charge >= 0.3 is 0 Å². The lowest BCUT2D eigenvalue weighted by Crippen LogP contribution is -2.38. The van der Waals surface area contributed by atoms with Crippen molar-refractivity contribution in [3.63, 3.8) is 0 Å². The second kappa shape index (κ2) is 10.6. The van der Waals surface area contributed by atoms with Gasteiger partial charge < -0.3 is 13.9 Å². The summed E-state index contributed by atoms with van der Waals surface area (Å²) in [6, 6.07) is 23.7. The van der Waals surface area contributed by atoms with E-state index < -0.39 is 4.92 Å². The molecule has 0 amide bonds. The van der Waals surface area contributed by atoms with Crippen LogP contribution in [0.25, 0.3) is 23.1 Å². The number of aromatic nitrogens is 1. The third kappa shape index (κ3) is 4.56. The van der Waals surface area contributed by atoms with E-state index in [4.69, 9.17) is 18.9 Å². The van der Waals surface area contributed by atoms with Crippen LogP contribution >= 0.6 is 11.3 Å². The fraction of sp³-hybridized carbons (Fsp3) is 0.152. The van der Waals surface area contributed by atoms with E-state index in [9.17, 15) is 14.9 Å². The average Bonchev–Trinajstić information content (AvgIpc) is 3.63. The number of hydrogen-bond acceptors (Lipinski definition) is 8. The number of hydrogen-bond donors (Lipinski definition) is 0. The Bertz CT molecular complexity index is 2140. The Balaban J connectivity index is 1.38. The van der Waals surface area contributed by atoms with Crippen LogP contribution in [-0.2, 0) is 6.42 Å². The zero-order chi connectivity index (χ0) is 29.7. The lowest BCUT2D eigenvalue weighted by molar-refractivity contribution is -0.384. The number of fused-ring (bicyclic) bond motifs is 3. The molecule has 0 fully saturated rings. The van der Waals surface area contributed by atoms with E-state index in [0.717, 1.165) is 35.2 Å². The van der Waals surface area contributed by atoms with E-state index in [0.29, 0.717) is 37.9 Å². The minimum atomic E-state index is -0.476. The number of furan rings is 1. The molecule has 3 heterocycles. The molecule has 1 atom stereocenters. The number of rotatable bonds is 6. The van der Waals surface area contributed by atoms with E-state index in [2.05, 4.69) is 12.1 Å². The standard InChI is InChI=1S/C33H25N3O6S/c1-40-21-8-5-7-20(16-21)31-26-13-10-19-6-3-4-9-24(19)30(26)34-33-35(31)32(37)29(43-33)18-23-12-15-28(42-23)25-14-11-22(41-2)17-27(25)36(38)39/h3-9,11-12,14-18,31H,10,13H2,1-2H3/b29-18+/t31-/m1/s1. The van der Waals surface area contributed by atoms with E-state index in [1.54, 1.807) is 42.0 Å². The van der Waals surface area contributed by atoms with Crippen LogP contribution < -0.4 is 24.4 Å². The molecule has 214 valence electrons. The number of nitro groups is 1. The van der Waals surface area contributed by atoms with Gasteiger partial charge in [-0.25, -0.2) is 4.99 Å². The number of nitro benzene ring substituents is 1. The van der Waals surface area contributed by atoms with Gasteiger partial charge in [-0.05, 0) is 65.9 Å². The molecular weight excluding hydrogens is 566 g/mol. The molecule has 0 unspecified atom stereocenters. The Morgan fingerprint density at radius 1 is 0.977 bits per heavy atom. The molecule has 0 saturated carbocycles. The van der Waals surface area contributed by atoms with Gasteiger partial charge in [0.2, 0.25) is 0 Å². The zero-order valence-corrected chi connectivity index (χ0v) is 24.1. The van der Waals surface area contributed by atoms with Crippen LogP contribution in [-0.4, -0.2) is 23.7 Å². The van der Waals surface area contributed by atoms with Gasteiger partial charge in [-0.3, -0.25) is 19.5 Å². The second-order valence-corrected chi connectivity index (χ2v) is 11.2. The fourth-order valence-corrected chi connectivity index (χ4v) is 6.82. The molecule has 7 rings (SSSR count). The monoisotopic (exact) mass is 591 g/mol. The minimum absolute atomic E-state index is 0.135. The molecule has 0 spiro atoms. The van der Waals surface area contributed by atoms with Crippen LogP contribution in [0.3, 0.4) is 0 Å². The maximum atomic E-state index is 14.1. The first-order valence-corrected chi connectivity index (χ1v) is 14.5. The number of nitrogens with zero attached hydrogens (tertiary/aromatic N) is 3. The number of methoxy groups -OCH3 is 2. The van der Waals surface area contributed by atoms with Crippen LogP contribution in [0.15, 0.2) is 98.6 Å². The van der Waals surface area contributed by atoms with Crippen LogP contribution in [0, 0.1) is 10.1 Å². The van der Waals surface area contributed by atoms with Crippen molar-refractivity contribution in [2.75, 3.05) is 14.2 Å². The first kappa shape index (κ1) is 26.7. The fourth-order valence-electron chi connectivity index (χ4n) is 5.84. The van der Waals surface area contributed by atoms with E-state index in [1.807, 2.05) is 36.4 Å². The van der Waals surface area contributed by atoms with Crippen molar-refractivity contribution in [2.45, 2.75) is 18.9 Å². The summed E-state index contributed by atoms with van der Waals surface area (Å²) >= 11 is 1.29. The molecule has 0 bridgehead atoms. The summed E-state index contributed by atoms with van der Waals surface area (Å²) in [5, 5.41) is 11.7. The van der Waals surface area contributed by atoms with Crippen LogP contribution in [0.2, 0.25) is 0 Å². The molecule has 10 heteroatoms. The lowest BCUT2D eigenvalue weighted by atomic mass is 9.83. The Morgan fingerprint density at radius 3 is 2.60 bits per heavy atom. The summed E-state index contributed by atoms with van der Waals surface area (Å²) < 4.78 is 18.9. The van der Waals surface area contributed by atoms with Crippen molar-refractivity contribution >= 4 is 28.8 Å². The van der Waals surface area contributed by atoms with Gasteiger partial charge in [-0.15, -0.1) is 0 Å². The molecule has 2 aromatic heterocycles. The van der Waals surface area contributed by atoms with E-state index in [1.165, 1.54) is 30.1 Å². The summed E-state index contributed by atoms with van der Waals surface area (Å²) in [5.41, 5.74) is 5.28. The van der Waals surface area contributed by atoms with Crippen molar-refractivity contribution < 1.29 is 18.8 Å². The summed E-state index contributed by atoms with van der Waals surface area (Å²) in [5.74, 6) is 1.80. The lowest BCUT2D eigenvalue weighted by Gasteiger charge is -2.31. The maximum Gasteiger partial charge on any atom is 0.284 e. The van der Waals surface area contributed by atoms with Gasteiger partial charge in [0.25, 0.3) is 11.2 Å². The van der Waals surface area contributed by atoms with Gasteiger partial charge in [0.05, 0.1) is 47.0 Å². The predicted octanol–water partition coefficient (Wildman–Crippen LogP) is 5.50. The summed E-state index contributed by atoms with van der Waals surface area (Å²) in [6.07, 6.45) is 3.31. The van der Waals surface area contributed by atoms with Crippen molar-refractivity contribution in [1.29, 1.82) is 0 Å². The van der Waals surface area contributed by atoms with Crippen LogP contribution in [0.4, 0.5) is 5.69 Å². The highest BCUT2D eigenvalue weighted by molar-refractivity contribution is 7.07. The molecule has 0 N–H and O–H groups in total. The van der Waals surface area contributed by atoms with E-state index in [-0.39, 0.29) is 17.3 Å². The van der Waals surface area contributed by atoms with E-state index >= 15 is 0 Å².